The minimum Gasteiger partial charge on any atom is -0.494 e. The summed E-state index contributed by atoms with van der Waals surface area (Å²) in [7, 11) is 0. The first-order valence-electron chi connectivity index (χ1n) is 10.2. The zero-order valence-electron chi connectivity index (χ0n) is 16.5. The van der Waals surface area contributed by atoms with Gasteiger partial charge in [-0.2, -0.15) is 0 Å². The number of hydrogen-bond donors (Lipinski definition) is 1. The molecule has 0 saturated carbocycles. The third-order valence-corrected chi connectivity index (χ3v) is 4.04. The van der Waals surface area contributed by atoms with Crippen molar-refractivity contribution in [2.24, 2.45) is 5.73 Å². The number of ether oxygens (including phenoxy) is 1. The molecular formula is C22H39NO2. The molecule has 0 aliphatic carbocycles. The Morgan fingerprint density at radius 3 is 1.84 bits per heavy atom. The lowest BCUT2D eigenvalue weighted by molar-refractivity contribution is -0.118. The Morgan fingerprint density at radius 1 is 0.800 bits per heavy atom. The highest BCUT2D eigenvalue weighted by atomic mass is 16.5. The third kappa shape index (κ3) is 18.7. The van der Waals surface area contributed by atoms with Crippen molar-refractivity contribution in [3.05, 3.63) is 30.3 Å². The second kappa shape index (κ2) is 18.8. The number of hydrogen-bond acceptors (Lipinski definition) is 2. The lowest BCUT2D eigenvalue weighted by Crippen LogP contribution is -2.09. The molecule has 1 rings (SSSR count). The molecule has 0 aliphatic heterocycles. The van der Waals surface area contributed by atoms with Gasteiger partial charge in [0.1, 0.15) is 5.75 Å². The summed E-state index contributed by atoms with van der Waals surface area (Å²) in [5, 5.41) is 0. The number of carbonyl (C=O) groups excluding carboxylic acids is 1. The van der Waals surface area contributed by atoms with Gasteiger partial charge in [-0.25, -0.2) is 0 Å². The summed E-state index contributed by atoms with van der Waals surface area (Å²) in [6, 6.07) is 9.93. The highest BCUT2D eigenvalue weighted by molar-refractivity contribution is 5.73. The molecule has 1 aromatic rings. The van der Waals surface area contributed by atoms with Crippen molar-refractivity contribution >= 4 is 5.91 Å². The molecule has 0 saturated heterocycles. The predicted molar refractivity (Wildman–Crippen MR) is 108 cm³/mol. The lowest BCUT2D eigenvalue weighted by Gasteiger charge is -2.03. The maximum atomic E-state index is 10.4. The number of rotatable bonds is 14. The highest BCUT2D eigenvalue weighted by Crippen LogP contribution is 2.10. The van der Waals surface area contributed by atoms with Gasteiger partial charge in [0, 0.05) is 6.42 Å². The standard InChI is InChI=1S/C12H25NO.C10H14O/c1-2-3-4-5-6-7-8-9-10-11-12(13)14;1-2-3-9-11-10-7-5-4-6-8-10/h2-11H2,1H3,(H2,13,14);4-8H,2-3,9H2,1H3. The van der Waals surface area contributed by atoms with E-state index in [0.29, 0.717) is 6.42 Å². The van der Waals surface area contributed by atoms with Gasteiger partial charge < -0.3 is 10.5 Å². The van der Waals surface area contributed by atoms with E-state index in [2.05, 4.69) is 13.8 Å². The molecule has 2 N–H and O–H groups in total. The molecule has 0 atom stereocenters. The smallest absolute Gasteiger partial charge is 0.217 e. The Hall–Kier alpha value is -1.51. The van der Waals surface area contributed by atoms with Crippen molar-refractivity contribution in [3.63, 3.8) is 0 Å². The van der Waals surface area contributed by atoms with Crippen LogP contribution in [0.2, 0.25) is 0 Å². The van der Waals surface area contributed by atoms with Crippen molar-refractivity contribution in [2.75, 3.05) is 6.61 Å². The number of nitrogens with two attached hydrogens (primary N) is 1. The Kier molecular flexibility index (Phi) is 17.7. The van der Waals surface area contributed by atoms with Gasteiger partial charge in [0.2, 0.25) is 5.91 Å². The van der Waals surface area contributed by atoms with E-state index in [1.165, 1.54) is 51.4 Å². The second-order valence-corrected chi connectivity index (χ2v) is 6.56. The van der Waals surface area contributed by atoms with Crippen LogP contribution in [0.5, 0.6) is 5.75 Å². The van der Waals surface area contributed by atoms with E-state index in [1.54, 1.807) is 0 Å². The highest BCUT2D eigenvalue weighted by Gasteiger charge is 1.94. The monoisotopic (exact) mass is 349 g/mol. The van der Waals surface area contributed by atoms with Crippen LogP contribution in [0.3, 0.4) is 0 Å². The second-order valence-electron chi connectivity index (χ2n) is 6.56. The van der Waals surface area contributed by atoms with Crippen LogP contribution in [0.15, 0.2) is 30.3 Å². The van der Waals surface area contributed by atoms with Crippen LogP contribution < -0.4 is 10.5 Å². The molecule has 0 aromatic heterocycles. The Morgan fingerprint density at radius 2 is 1.32 bits per heavy atom. The molecule has 0 fully saturated rings. The van der Waals surface area contributed by atoms with Crippen LogP contribution in [-0.4, -0.2) is 12.5 Å². The number of benzene rings is 1. The summed E-state index contributed by atoms with van der Waals surface area (Å²) in [4.78, 5) is 10.4. The fourth-order valence-corrected chi connectivity index (χ4v) is 2.46. The first-order chi connectivity index (χ1) is 12.2. The minimum atomic E-state index is -0.159. The van der Waals surface area contributed by atoms with Crippen LogP contribution >= 0.6 is 0 Å². The maximum Gasteiger partial charge on any atom is 0.217 e. The van der Waals surface area contributed by atoms with Crippen molar-refractivity contribution < 1.29 is 9.53 Å². The molecule has 0 bridgehead atoms. The average molecular weight is 350 g/mol. The molecule has 0 heterocycles. The molecule has 0 spiro atoms. The third-order valence-electron chi connectivity index (χ3n) is 4.04. The molecule has 3 heteroatoms. The Balaban J connectivity index is 0.000000472. The molecule has 3 nitrogen and oxygen atoms in total. The number of carbonyl (C=O) groups is 1. The Labute approximate surface area is 155 Å². The van der Waals surface area contributed by atoms with Crippen LogP contribution in [-0.2, 0) is 4.79 Å². The quantitative estimate of drug-likeness (QED) is 0.403. The number of unbranched alkanes of at least 4 members (excludes halogenated alkanes) is 9. The molecule has 0 unspecified atom stereocenters. The van der Waals surface area contributed by atoms with Gasteiger partial charge in [0.15, 0.2) is 0 Å². The van der Waals surface area contributed by atoms with Crippen LogP contribution in [0.1, 0.15) is 90.9 Å². The van der Waals surface area contributed by atoms with E-state index in [1.807, 2.05) is 30.3 Å². The first-order valence-corrected chi connectivity index (χ1v) is 10.2. The summed E-state index contributed by atoms with van der Waals surface area (Å²) in [5.74, 6) is 0.814. The lowest BCUT2D eigenvalue weighted by atomic mass is 10.1. The maximum absolute atomic E-state index is 10.4. The van der Waals surface area contributed by atoms with Gasteiger partial charge in [-0.15, -0.1) is 0 Å². The predicted octanol–water partition coefficient (Wildman–Crippen LogP) is 6.26. The normalized spacial score (nSPS) is 10.0. The van der Waals surface area contributed by atoms with Crippen molar-refractivity contribution in [3.8, 4) is 5.75 Å². The van der Waals surface area contributed by atoms with E-state index in [9.17, 15) is 4.79 Å². The van der Waals surface area contributed by atoms with Crippen LogP contribution in [0.25, 0.3) is 0 Å². The summed E-state index contributed by atoms with van der Waals surface area (Å²) >= 11 is 0. The van der Waals surface area contributed by atoms with Gasteiger partial charge in [-0.3, -0.25) is 4.79 Å². The molecule has 1 aromatic carbocycles. The number of primary amides is 1. The Bertz CT molecular complexity index is 392. The number of para-hydroxylation sites is 1. The van der Waals surface area contributed by atoms with Gasteiger partial charge in [0.25, 0.3) is 0 Å². The van der Waals surface area contributed by atoms with Gasteiger partial charge in [0.05, 0.1) is 6.61 Å². The zero-order chi connectivity index (χ0) is 18.6. The minimum absolute atomic E-state index is 0.159. The average Bonchev–Trinajstić information content (AvgIpc) is 2.62. The summed E-state index contributed by atoms with van der Waals surface area (Å²) in [6.07, 6.45) is 14.4. The molecular weight excluding hydrogens is 310 g/mol. The summed E-state index contributed by atoms with van der Waals surface area (Å²) in [5.41, 5.74) is 5.05. The topological polar surface area (TPSA) is 52.3 Å². The van der Waals surface area contributed by atoms with E-state index in [4.69, 9.17) is 10.5 Å². The molecule has 144 valence electrons. The first kappa shape index (κ1) is 23.5. The van der Waals surface area contributed by atoms with Gasteiger partial charge in [-0.1, -0.05) is 89.8 Å². The van der Waals surface area contributed by atoms with Crippen LogP contribution in [0.4, 0.5) is 0 Å². The van der Waals surface area contributed by atoms with Crippen molar-refractivity contribution in [2.45, 2.75) is 90.9 Å². The van der Waals surface area contributed by atoms with Crippen molar-refractivity contribution in [1.29, 1.82) is 0 Å². The molecule has 25 heavy (non-hydrogen) atoms. The SMILES string of the molecule is CCCCCCCCCCCC(N)=O.CCCCOc1ccccc1. The summed E-state index contributed by atoms with van der Waals surface area (Å²) < 4.78 is 5.45. The summed E-state index contributed by atoms with van der Waals surface area (Å²) in [6.45, 7) is 5.23. The van der Waals surface area contributed by atoms with E-state index in [0.717, 1.165) is 31.6 Å². The fraction of sp³-hybridized carbons (Fsp3) is 0.682. The number of amides is 1. The molecule has 0 aliphatic rings. The van der Waals surface area contributed by atoms with E-state index < -0.39 is 0 Å². The van der Waals surface area contributed by atoms with Gasteiger partial charge in [-0.05, 0) is 25.0 Å². The van der Waals surface area contributed by atoms with Crippen molar-refractivity contribution in [1.82, 2.24) is 0 Å². The largest absolute Gasteiger partial charge is 0.494 e. The molecule has 1 amide bonds. The van der Waals surface area contributed by atoms with E-state index >= 15 is 0 Å². The molecule has 0 radical (unpaired) electrons. The van der Waals surface area contributed by atoms with E-state index in [-0.39, 0.29) is 5.91 Å². The fourth-order valence-electron chi connectivity index (χ4n) is 2.46. The zero-order valence-corrected chi connectivity index (χ0v) is 16.5. The van der Waals surface area contributed by atoms with Gasteiger partial charge >= 0.3 is 0 Å². The van der Waals surface area contributed by atoms with Crippen LogP contribution in [0, 0.1) is 0 Å².